The standard InChI is InChI=1S/C20H26N4O/c1-22-15-11-21-18(22)16-23-13-9-20(10-14-23)8-5-12-24(19(20)25)17-6-3-2-4-7-17/h2-4,6-7,11,15H,5,8-10,12-14,16H2,1H3. The van der Waals surface area contributed by atoms with Gasteiger partial charge in [-0.2, -0.15) is 0 Å². The minimum atomic E-state index is -0.160. The molecule has 25 heavy (non-hydrogen) atoms. The van der Waals surface area contributed by atoms with Gasteiger partial charge in [-0.1, -0.05) is 18.2 Å². The maximum atomic E-state index is 13.3. The molecule has 1 amide bonds. The summed E-state index contributed by atoms with van der Waals surface area (Å²) in [6, 6.07) is 10.1. The molecule has 2 fully saturated rings. The van der Waals surface area contributed by atoms with Crippen LogP contribution in [-0.4, -0.2) is 40.0 Å². The number of aromatic nitrogens is 2. The van der Waals surface area contributed by atoms with Crippen molar-refractivity contribution in [2.75, 3.05) is 24.5 Å². The van der Waals surface area contributed by atoms with Crippen molar-refractivity contribution in [2.45, 2.75) is 32.2 Å². The number of hydrogen-bond acceptors (Lipinski definition) is 3. The highest BCUT2D eigenvalue weighted by atomic mass is 16.2. The molecule has 2 aliphatic rings. The molecule has 3 heterocycles. The average molecular weight is 338 g/mol. The van der Waals surface area contributed by atoms with Crippen LogP contribution in [0.2, 0.25) is 0 Å². The lowest BCUT2D eigenvalue weighted by Gasteiger charge is -2.46. The molecule has 1 spiro atoms. The Hall–Kier alpha value is -2.14. The Labute approximate surface area is 149 Å². The van der Waals surface area contributed by atoms with Gasteiger partial charge in [0, 0.05) is 31.7 Å². The Balaban J connectivity index is 1.44. The van der Waals surface area contributed by atoms with Crippen LogP contribution in [0.3, 0.4) is 0 Å². The van der Waals surface area contributed by atoms with Crippen molar-refractivity contribution in [1.82, 2.24) is 14.5 Å². The SMILES string of the molecule is Cn1ccnc1CN1CCC2(CCCN(c3ccccc3)C2=O)CC1. The Morgan fingerprint density at radius 1 is 1.08 bits per heavy atom. The third-order valence-corrected chi connectivity index (χ3v) is 5.90. The summed E-state index contributed by atoms with van der Waals surface area (Å²) in [6.07, 6.45) is 7.89. The molecule has 0 saturated carbocycles. The lowest BCUT2D eigenvalue weighted by atomic mass is 9.71. The van der Waals surface area contributed by atoms with Gasteiger partial charge < -0.3 is 9.47 Å². The molecular formula is C20H26N4O. The summed E-state index contributed by atoms with van der Waals surface area (Å²) in [5.41, 5.74) is 0.883. The summed E-state index contributed by atoms with van der Waals surface area (Å²) in [4.78, 5) is 22.1. The van der Waals surface area contributed by atoms with Crippen LogP contribution in [0.1, 0.15) is 31.5 Å². The fourth-order valence-corrected chi connectivity index (χ4v) is 4.28. The van der Waals surface area contributed by atoms with Crippen molar-refractivity contribution in [3.05, 3.63) is 48.5 Å². The topological polar surface area (TPSA) is 41.4 Å². The van der Waals surface area contributed by atoms with E-state index in [1.807, 2.05) is 54.7 Å². The number of benzene rings is 1. The first kappa shape index (κ1) is 16.3. The minimum Gasteiger partial charge on any atom is -0.337 e. The summed E-state index contributed by atoms with van der Waals surface area (Å²) < 4.78 is 2.08. The van der Waals surface area contributed by atoms with Crippen molar-refractivity contribution in [2.24, 2.45) is 12.5 Å². The van der Waals surface area contributed by atoms with E-state index in [0.717, 1.165) is 63.4 Å². The first-order chi connectivity index (χ1) is 12.2. The van der Waals surface area contributed by atoms with Crippen molar-refractivity contribution in [3.8, 4) is 0 Å². The van der Waals surface area contributed by atoms with Gasteiger partial charge in [0.1, 0.15) is 5.82 Å². The molecule has 132 valence electrons. The molecule has 0 aliphatic carbocycles. The maximum Gasteiger partial charge on any atom is 0.233 e. The molecule has 1 aromatic heterocycles. The molecule has 1 aromatic carbocycles. The molecule has 2 aromatic rings. The number of likely N-dealkylation sites (tertiary alicyclic amines) is 1. The fourth-order valence-electron chi connectivity index (χ4n) is 4.28. The van der Waals surface area contributed by atoms with E-state index >= 15 is 0 Å². The van der Waals surface area contributed by atoms with Gasteiger partial charge in [0.05, 0.1) is 12.0 Å². The molecule has 0 bridgehead atoms. The predicted octanol–water partition coefficient (Wildman–Crippen LogP) is 2.83. The highest BCUT2D eigenvalue weighted by Gasteiger charge is 2.45. The second-order valence-corrected chi connectivity index (χ2v) is 7.41. The van der Waals surface area contributed by atoms with E-state index in [1.54, 1.807) is 0 Å². The van der Waals surface area contributed by atoms with Gasteiger partial charge in [-0.15, -0.1) is 0 Å². The Morgan fingerprint density at radius 3 is 2.52 bits per heavy atom. The second-order valence-electron chi connectivity index (χ2n) is 7.41. The molecule has 0 N–H and O–H groups in total. The second kappa shape index (κ2) is 6.64. The van der Waals surface area contributed by atoms with Crippen LogP contribution in [0.25, 0.3) is 0 Å². The number of rotatable bonds is 3. The van der Waals surface area contributed by atoms with Crippen LogP contribution >= 0.6 is 0 Å². The van der Waals surface area contributed by atoms with Gasteiger partial charge in [-0.05, 0) is 50.9 Å². The average Bonchev–Trinajstić information content (AvgIpc) is 3.05. The minimum absolute atomic E-state index is 0.160. The number of para-hydroxylation sites is 1. The number of piperidine rings is 2. The van der Waals surface area contributed by atoms with E-state index < -0.39 is 0 Å². The molecule has 2 saturated heterocycles. The van der Waals surface area contributed by atoms with Crippen LogP contribution in [-0.2, 0) is 18.4 Å². The normalized spacial score (nSPS) is 21.0. The molecule has 5 heteroatoms. The van der Waals surface area contributed by atoms with E-state index in [-0.39, 0.29) is 5.41 Å². The molecule has 5 nitrogen and oxygen atoms in total. The van der Waals surface area contributed by atoms with Crippen molar-refractivity contribution in [3.63, 3.8) is 0 Å². The van der Waals surface area contributed by atoms with Crippen LogP contribution in [0.4, 0.5) is 5.69 Å². The number of carbonyl (C=O) groups is 1. The lowest BCUT2D eigenvalue weighted by Crippen LogP contribution is -2.53. The molecule has 0 radical (unpaired) electrons. The van der Waals surface area contributed by atoms with Crippen molar-refractivity contribution >= 4 is 11.6 Å². The van der Waals surface area contributed by atoms with Crippen LogP contribution in [0, 0.1) is 5.41 Å². The van der Waals surface area contributed by atoms with Gasteiger partial charge in [0.2, 0.25) is 5.91 Å². The third-order valence-electron chi connectivity index (χ3n) is 5.90. The number of carbonyl (C=O) groups excluding carboxylic acids is 1. The summed E-state index contributed by atoms with van der Waals surface area (Å²) >= 11 is 0. The molecule has 2 aliphatic heterocycles. The van der Waals surface area contributed by atoms with E-state index in [1.165, 1.54) is 0 Å². The number of hydrogen-bond donors (Lipinski definition) is 0. The number of imidazole rings is 1. The lowest BCUT2D eigenvalue weighted by molar-refractivity contribution is -0.133. The summed E-state index contributed by atoms with van der Waals surface area (Å²) in [5.74, 6) is 1.43. The van der Waals surface area contributed by atoms with Gasteiger partial charge in [0.15, 0.2) is 0 Å². The molecule has 0 atom stereocenters. The van der Waals surface area contributed by atoms with E-state index in [2.05, 4.69) is 14.5 Å². The monoisotopic (exact) mass is 338 g/mol. The first-order valence-corrected chi connectivity index (χ1v) is 9.24. The summed E-state index contributed by atoms with van der Waals surface area (Å²) in [6.45, 7) is 3.67. The van der Waals surface area contributed by atoms with Crippen LogP contribution in [0.15, 0.2) is 42.7 Å². The Kier molecular flexibility index (Phi) is 4.34. The zero-order valence-electron chi connectivity index (χ0n) is 14.9. The van der Waals surface area contributed by atoms with Crippen LogP contribution < -0.4 is 4.90 Å². The quantitative estimate of drug-likeness (QED) is 0.864. The number of anilines is 1. The van der Waals surface area contributed by atoms with Crippen LogP contribution in [0.5, 0.6) is 0 Å². The molecule has 4 rings (SSSR count). The Morgan fingerprint density at radius 2 is 1.84 bits per heavy atom. The number of nitrogens with zero attached hydrogens (tertiary/aromatic N) is 4. The van der Waals surface area contributed by atoms with E-state index in [4.69, 9.17) is 0 Å². The van der Waals surface area contributed by atoms with Gasteiger partial charge in [-0.25, -0.2) is 4.98 Å². The number of amides is 1. The summed E-state index contributed by atoms with van der Waals surface area (Å²) in [7, 11) is 2.04. The van der Waals surface area contributed by atoms with Gasteiger partial charge in [-0.3, -0.25) is 9.69 Å². The highest BCUT2D eigenvalue weighted by Crippen LogP contribution is 2.42. The van der Waals surface area contributed by atoms with Crippen molar-refractivity contribution < 1.29 is 4.79 Å². The highest BCUT2D eigenvalue weighted by molar-refractivity contribution is 5.98. The first-order valence-electron chi connectivity index (χ1n) is 9.24. The largest absolute Gasteiger partial charge is 0.337 e. The van der Waals surface area contributed by atoms with Crippen molar-refractivity contribution in [1.29, 1.82) is 0 Å². The van der Waals surface area contributed by atoms with Gasteiger partial charge in [0.25, 0.3) is 0 Å². The molecule has 0 unspecified atom stereocenters. The smallest absolute Gasteiger partial charge is 0.233 e. The predicted molar refractivity (Wildman–Crippen MR) is 98.2 cm³/mol. The molecular weight excluding hydrogens is 312 g/mol. The zero-order chi connectivity index (χ0) is 17.3. The summed E-state index contributed by atoms with van der Waals surface area (Å²) in [5, 5.41) is 0. The van der Waals surface area contributed by atoms with E-state index in [0.29, 0.717) is 5.91 Å². The maximum absolute atomic E-state index is 13.3. The van der Waals surface area contributed by atoms with E-state index in [9.17, 15) is 4.79 Å². The zero-order valence-corrected chi connectivity index (χ0v) is 14.9. The van der Waals surface area contributed by atoms with Gasteiger partial charge >= 0.3 is 0 Å². The number of aryl methyl sites for hydroxylation is 1. The Bertz CT molecular complexity index is 731. The fraction of sp³-hybridized carbons (Fsp3) is 0.500. The third kappa shape index (κ3) is 3.09.